The fourth-order valence-electron chi connectivity index (χ4n) is 3.39. The van der Waals surface area contributed by atoms with Crippen LogP contribution in [0.15, 0.2) is 53.0 Å². The van der Waals surface area contributed by atoms with E-state index < -0.39 is 5.41 Å². The first kappa shape index (κ1) is 20.4. The van der Waals surface area contributed by atoms with E-state index in [4.69, 9.17) is 14.7 Å². The van der Waals surface area contributed by atoms with Gasteiger partial charge in [0.1, 0.15) is 5.75 Å². The zero-order valence-electron chi connectivity index (χ0n) is 15.6. The van der Waals surface area contributed by atoms with Crippen LogP contribution in [0.25, 0.3) is 0 Å². The smallest absolute Gasteiger partial charge is 0.235 e. The summed E-state index contributed by atoms with van der Waals surface area (Å²) in [6.07, 6.45) is 2.43. The number of nitrogens with zero attached hydrogens (tertiary/aromatic N) is 1. The van der Waals surface area contributed by atoms with Crippen molar-refractivity contribution in [1.29, 1.82) is 5.26 Å². The molecule has 0 spiro atoms. The van der Waals surface area contributed by atoms with Gasteiger partial charge in [0.2, 0.25) is 5.91 Å². The fourth-order valence-corrected chi connectivity index (χ4v) is 3.66. The number of anilines is 1. The van der Waals surface area contributed by atoms with Crippen molar-refractivity contribution in [2.45, 2.75) is 31.1 Å². The summed E-state index contributed by atoms with van der Waals surface area (Å²) >= 11 is 3.46. The average molecular weight is 443 g/mol. The Morgan fingerprint density at radius 2 is 1.96 bits per heavy atom. The van der Waals surface area contributed by atoms with Crippen molar-refractivity contribution in [2.24, 2.45) is 0 Å². The molecule has 0 atom stereocenters. The zero-order valence-corrected chi connectivity index (χ0v) is 17.2. The van der Waals surface area contributed by atoms with Crippen molar-refractivity contribution in [3.8, 4) is 11.8 Å². The second-order valence-electron chi connectivity index (χ2n) is 6.79. The van der Waals surface area contributed by atoms with Gasteiger partial charge in [-0.15, -0.1) is 0 Å². The van der Waals surface area contributed by atoms with Gasteiger partial charge in [-0.05, 0) is 49.1 Å². The quantitative estimate of drug-likeness (QED) is 0.623. The summed E-state index contributed by atoms with van der Waals surface area (Å²) in [6, 6.07) is 17.4. The van der Waals surface area contributed by atoms with E-state index in [1.165, 1.54) is 0 Å². The van der Waals surface area contributed by atoms with E-state index in [1.807, 2.05) is 48.5 Å². The minimum Gasteiger partial charge on any atom is -0.493 e. The van der Waals surface area contributed by atoms with Gasteiger partial charge in [-0.2, -0.15) is 5.26 Å². The monoisotopic (exact) mass is 442 g/mol. The van der Waals surface area contributed by atoms with Crippen LogP contribution in [-0.4, -0.2) is 25.7 Å². The molecule has 1 heterocycles. The van der Waals surface area contributed by atoms with Crippen molar-refractivity contribution in [3.63, 3.8) is 0 Å². The number of benzene rings is 2. The van der Waals surface area contributed by atoms with Gasteiger partial charge in [0.25, 0.3) is 0 Å². The van der Waals surface area contributed by atoms with E-state index in [0.29, 0.717) is 56.9 Å². The van der Waals surface area contributed by atoms with Crippen LogP contribution >= 0.6 is 15.9 Å². The molecule has 1 amide bonds. The molecule has 0 unspecified atom stereocenters. The van der Waals surface area contributed by atoms with Gasteiger partial charge in [-0.25, -0.2) is 0 Å². The van der Waals surface area contributed by atoms with Crippen LogP contribution in [0.3, 0.4) is 0 Å². The lowest BCUT2D eigenvalue weighted by atomic mass is 9.73. The van der Waals surface area contributed by atoms with Crippen molar-refractivity contribution >= 4 is 27.5 Å². The summed E-state index contributed by atoms with van der Waals surface area (Å²) in [6.45, 7) is 1.60. The van der Waals surface area contributed by atoms with E-state index >= 15 is 0 Å². The van der Waals surface area contributed by atoms with E-state index in [1.54, 1.807) is 0 Å². The molecule has 0 radical (unpaired) electrons. The topological polar surface area (TPSA) is 71.3 Å². The third-order valence-corrected chi connectivity index (χ3v) is 5.50. The maximum atomic E-state index is 13.3. The molecule has 1 saturated heterocycles. The predicted molar refractivity (Wildman–Crippen MR) is 111 cm³/mol. The van der Waals surface area contributed by atoms with Crippen LogP contribution in [0.2, 0.25) is 0 Å². The van der Waals surface area contributed by atoms with Crippen LogP contribution in [0.4, 0.5) is 5.69 Å². The molecule has 2 aromatic carbocycles. The largest absolute Gasteiger partial charge is 0.493 e. The molecule has 0 aromatic heterocycles. The summed E-state index contributed by atoms with van der Waals surface area (Å²) in [5.74, 6) is 0.653. The molecule has 0 bridgehead atoms. The van der Waals surface area contributed by atoms with Crippen LogP contribution in [-0.2, 0) is 14.9 Å². The van der Waals surface area contributed by atoms with Crippen LogP contribution < -0.4 is 10.1 Å². The number of ether oxygens (including phenoxy) is 2. The Hall–Kier alpha value is -2.36. The van der Waals surface area contributed by atoms with Crippen molar-refractivity contribution < 1.29 is 14.3 Å². The van der Waals surface area contributed by atoms with E-state index in [9.17, 15) is 4.79 Å². The molecule has 1 N–H and O–H groups in total. The van der Waals surface area contributed by atoms with Crippen LogP contribution in [0, 0.1) is 11.3 Å². The molecule has 0 saturated carbocycles. The zero-order chi connectivity index (χ0) is 19.8. The highest BCUT2D eigenvalue weighted by Gasteiger charge is 2.41. The second-order valence-corrected chi connectivity index (χ2v) is 7.71. The molecule has 3 rings (SSSR count). The molecule has 5 nitrogen and oxygen atoms in total. The number of nitrogens with one attached hydrogen (secondary N) is 1. The van der Waals surface area contributed by atoms with Crippen LogP contribution in [0.1, 0.15) is 31.2 Å². The molecular weight excluding hydrogens is 420 g/mol. The number of hydrogen-bond acceptors (Lipinski definition) is 4. The Balaban J connectivity index is 1.75. The number of halogens is 1. The first-order valence-electron chi connectivity index (χ1n) is 9.39. The predicted octanol–water partition coefficient (Wildman–Crippen LogP) is 4.82. The molecule has 0 aliphatic carbocycles. The summed E-state index contributed by atoms with van der Waals surface area (Å²) < 4.78 is 12.2. The Morgan fingerprint density at radius 1 is 1.21 bits per heavy atom. The lowest BCUT2D eigenvalue weighted by Gasteiger charge is -2.36. The number of carbonyl (C=O) groups is 1. The minimum atomic E-state index is -0.609. The van der Waals surface area contributed by atoms with Crippen molar-refractivity contribution in [2.75, 3.05) is 25.1 Å². The maximum Gasteiger partial charge on any atom is 0.235 e. The van der Waals surface area contributed by atoms with Crippen LogP contribution in [0.5, 0.6) is 5.75 Å². The molecule has 28 heavy (non-hydrogen) atoms. The molecule has 1 aliphatic rings. The first-order valence-corrected chi connectivity index (χ1v) is 10.2. The van der Waals surface area contributed by atoms with E-state index in [2.05, 4.69) is 27.3 Å². The van der Waals surface area contributed by atoms with Crippen molar-refractivity contribution in [3.05, 3.63) is 58.6 Å². The van der Waals surface area contributed by atoms with E-state index in [-0.39, 0.29) is 5.91 Å². The maximum absolute atomic E-state index is 13.3. The van der Waals surface area contributed by atoms with Gasteiger partial charge >= 0.3 is 0 Å². The standard InChI is InChI=1S/C22H23BrN2O3/c23-18-8-6-17(7-9-18)22(10-14-27-15-11-22)21(26)25-19-4-3-5-20(16-19)28-13-2-1-12-24/h3-9,16H,1-2,10-11,13-15H2,(H,25,26). The van der Waals surface area contributed by atoms with Gasteiger partial charge in [0.05, 0.1) is 18.1 Å². The van der Waals surface area contributed by atoms with Gasteiger partial charge in [0.15, 0.2) is 0 Å². The lowest BCUT2D eigenvalue weighted by molar-refractivity contribution is -0.125. The Labute approximate surface area is 173 Å². The molecule has 2 aromatic rings. The molecular formula is C22H23BrN2O3. The normalized spacial score (nSPS) is 15.4. The molecule has 146 valence electrons. The van der Waals surface area contributed by atoms with Gasteiger partial charge < -0.3 is 14.8 Å². The third-order valence-electron chi connectivity index (χ3n) is 4.97. The minimum absolute atomic E-state index is 0.0280. The summed E-state index contributed by atoms with van der Waals surface area (Å²) in [5.41, 5.74) is 1.09. The number of hydrogen-bond donors (Lipinski definition) is 1. The highest BCUT2D eigenvalue weighted by molar-refractivity contribution is 9.10. The Kier molecular flexibility index (Phi) is 7.07. The first-order chi connectivity index (χ1) is 13.6. The highest BCUT2D eigenvalue weighted by Crippen LogP contribution is 2.37. The number of carbonyl (C=O) groups excluding carboxylic acids is 1. The summed E-state index contributed by atoms with van der Waals surface area (Å²) in [7, 11) is 0. The molecule has 1 fully saturated rings. The average Bonchev–Trinajstić information content (AvgIpc) is 2.72. The Bertz CT molecular complexity index is 840. The lowest BCUT2D eigenvalue weighted by Crippen LogP contribution is -2.44. The summed E-state index contributed by atoms with van der Waals surface area (Å²) in [5, 5.41) is 11.7. The van der Waals surface area contributed by atoms with Gasteiger partial charge in [-0.3, -0.25) is 4.79 Å². The van der Waals surface area contributed by atoms with E-state index in [0.717, 1.165) is 10.0 Å². The summed E-state index contributed by atoms with van der Waals surface area (Å²) in [4.78, 5) is 13.3. The number of nitriles is 1. The fraction of sp³-hybridized carbons (Fsp3) is 0.364. The van der Waals surface area contributed by atoms with Gasteiger partial charge in [0, 0.05) is 35.9 Å². The third kappa shape index (κ3) is 4.92. The van der Waals surface area contributed by atoms with Gasteiger partial charge in [-0.1, -0.05) is 34.1 Å². The molecule has 1 aliphatic heterocycles. The highest BCUT2D eigenvalue weighted by atomic mass is 79.9. The molecule has 6 heteroatoms. The number of unbranched alkanes of at least 4 members (excludes halogenated alkanes) is 1. The Morgan fingerprint density at radius 3 is 2.68 bits per heavy atom. The second kappa shape index (κ2) is 9.72. The number of amides is 1. The van der Waals surface area contributed by atoms with Crippen molar-refractivity contribution in [1.82, 2.24) is 0 Å². The SMILES string of the molecule is N#CCCCOc1cccc(NC(=O)C2(c3ccc(Br)cc3)CCOCC2)c1. The number of rotatable bonds is 7.